The van der Waals surface area contributed by atoms with Gasteiger partial charge in [-0.15, -0.1) is 0 Å². The van der Waals surface area contributed by atoms with Gasteiger partial charge in [0.1, 0.15) is 0 Å². The third kappa shape index (κ3) is 2.89. The lowest BCUT2D eigenvalue weighted by Crippen LogP contribution is -2.31. The van der Waals surface area contributed by atoms with Gasteiger partial charge in [0.25, 0.3) is 5.91 Å². The molecule has 0 spiro atoms. The summed E-state index contributed by atoms with van der Waals surface area (Å²) < 4.78 is 0. The third-order valence-electron chi connectivity index (χ3n) is 1.65. The van der Waals surface area contributed by atoms with Crippen molar-refractivity contribution in [3.63, 3.8) is 0 Å². The van der Waals surface area contributed by atoms with Gasteiger partial charge < -0.3 is 4.90 Å². The van der Waals surface area contributed by atoms with Gasteiger partial charge in [0.2, 0.25) is 0 Å². The van der Waals surface area contributed by atoms with Gasteiger partial charge in [-0.25, -0.2) is 4.99 Å². The molecule has 0 aliphatic carbocycles. The SMILES string of the molecule is CCN(CC)C(=O)C(C)=C=NC. The molecule has 1 amide bonds. The highest BCUT2D eigenvalue weighted by Crippen LogP contribution is 1.96. The first-order valence-corrected chi connectivity index (χ1v) is 4.15. The molecule has 0 unspecified atom stereocenters. The number of nitrogens with zero attached hydrogens (tertiary/aromatic N) is 2. The van der Waals surface area contributed by atoms with E-state index in [1.165, 1.54) is 0 Å². The molecule has 68 valence electrons. The minimum Gasteiger partial charge on any atom is -0.339 e. The van der Waals surface area contributed by atoms with Crippen molar-refractivity contribution >= 4 is 11.8 Å². The van der Waals surface area contributed by atoms with Gasteiger partial charge in [0.15, 0.2) is 0 Å². The molecule has 3 heteroatoms. The van der Waals surface area contributed by atoms with Crippen LogP contribution in [0.2, 0.25) is 0 Å². The Bertz CT molecular complexity index is 211. The number of aliphatic imine (C=N–C) groups is 1. The Labute approximate surface area is 73.8 Å². The molecule has 0 saturated carbocycles. The van der Waals surface area contributed by atoms with Gasteiger partial charge in [-0.3, -0.25) is 4.79 Å². The number of hydrogen-bond donors (Lipinski definition) is 0. The van der Waals surface area contributed by atoms with E-state index in [2.05, 4.69) is 10.9 Å². The van der Waals surface area contributed by atoms with Gasteiger partial charge in [0, 0.05) is 20.1 Å². The molecule has 0 aromatic carbocycles. The summed E-state index contributed by atoms with van der Waals surface area (Å²) in [6.45, 7) is 7.11. The smallest absolute Gasteiger partial charge is 0.258 e. The normalized spacial score (nSPS) is 8.67. The van der Waals surface area contributed by atoms with Crippen LogP contribution in [0, 0.1) is 0 Å². The summed E-state index contributed by atoms with van der Waals surface area (Å²) in [7, 11) is 1.61. The fourth-order valence-corrected chi connectivity index (χ4v) is 0.964. The number of carbonyl (C=O) groups is 1. The van der Waals surface area contributed by atoms with Crippen LogP contribution in [0.3, 0.4) is 0 Å². The highest BCUT2D eigenvalue weighted by atomic mass is 16.2. The average molecular weight is 168 g/mol. The van der Waals surface area contributed by atoms with Crippen molar-refractivity contribution in [1.29, 1.82) is 0 Å². The minimum atomic E-state index is 0.0191. The van der Waals surface area contributed by atoms with Gasteiger partial charge >= 0.3 is 0 Å². The van der Waals surface area contributed by atoms with Gasteiger partial charge in [-0.2, -0.15) is 0 Å². The zero-order chi connectivity index (χ0) is 9.56. The second kappa shape index (κ2) is 5.56. The Morgan fingerprint density at radius 3 is 2.25 bits per heavy atom. The summed E-state index contributed by atoms with van der Waals surface area (Å²) in [6, 6.07) is 0. The highest BCUT2D eigenvalue weighted by molar-refractivity contribution is 6.00. The third-order valence-corrected chi connectivity index (χ3v) is 1.65. The molecule has 0 atom stereocenters. The standard InChI is InChI=1S/C9H16N2O/c1-5-11(6-2)9(12)8(3)7-10-4/h5-6H2,1-4H3. The molecule has 0 rings (SSSR count). The molecule has 3 nitrogen and oxygen atoms in total. The monoisotopic (exact) mass is 168 g/mol. The lowest BCUT2D eigenvalue weighted by atomic mass is 10.3. The second-order valence-corrected chi connectivity index (χ2v) is 2.44. The Morgan fingerprint density at radius 2 is 1.92 bits per heavy atom. The van der Waals surface area contributed by atoms with Gasteiger partial charge in [0.05, 0.1) is 5.57 Å². The fourth-order valence-electron chi connectivity index (χ4n) is 0.964. The van der Waals surface area contributed by atoms with Crippen LogP contribution in [0.15, 0.2) is 10.6 Å². The first-order chi connectivity index (χ1) is 5.67. The molecule has 0 heterocycles. The van der Waals surface area contributed by atoms with Crippen molar-refractivity contribution in [3.8, 4) is 0 Å². The van der Waals surface area contributed by atoms with E-state index in [1.54, 1.807) is 18.9 Å². The molecule has 0 N–H and O–H groups in total. The Kier molecular flexibility index (Phi) is 5.06. The average Bonchev–Trinajstić information content (AvgIpc) is 2.07. The summed E-state index contributed by atoms with van der Waals surface area (Å²) >= 11 is 0. The number of carbonyl (C=O) groups excluding carboxylic acids is 1. The van der Waals surface area contributed by atoms with Crippen molar-refractivity contribution in [2.75, 3.05) is 20.1 Å². The first kappa shape index (κ1) is 10.9. The zero-order valence-electron chi connectivity index (χ0n) is 8.22. The summed E-state index contributed by atoms with van der Waals surface area (Å²) in [6.07, 6.45) is 0. The summed E-state index contributed by atoms with van der Waals surface area (Å²) in [4.78, 5) is 16.9. The maximum absolute atomic E-state index is 11.5. The summed E-state index contributed by atoms with van der Waals surface area (Å²) in [5.74, 6) is 2.66. The number of hydrogen-bond acceptors (Lipinski definition) is 2. The number of amides is 1. The molecule has 0 fully saturated rings. The first-order valence-electron chi connectivity index (χ1n) is 4.15. The Morgan fingerprint density at radius 1 is 1.42 bits per heavy atom. The summed E-state index contributed by atoms with van der Waals surface area (Å²) in [5, 5.41) is 0. The van der Waals surface area contributed by atoms with Crippen LogP contribution in [-0.2, 0) is 4.79 Å². The largest absolute Gasteiger partial charge is 0.339 e. The molecular weight excluding hydrogens is 152 g/mol. The summed E-state index contributed by atoms with van der Waals surface area (Å²) in [5.41, 5.74) is 0.571. The van der Waals surface area contributed by atoms with Crippen LogP contribution in [0.1, 0.15) is 20.8 Å². The van der Waals surface area contributed by atoms with Crippen molar-refractivity contribution in [1.82, 2.24) is 4.90 Å². The van der Waals surface area contributed by atoms with Crippen molar-refractivity contribution < 1.29 is 4.79 Å². The van der Waals surface area contributed by atoms with Gasteiger partial charge in [-0.1, -0.05) is 0 Å². The van der Waals surface area contributed by atoms with Crippen LogP contribution in [0.5, 0.6) is 0 Å². The molecule has 0 aromatic rings. The van der Waals surface area contributed by atoms with Crippen LogP contribution in [-0.4, -0.2) is 36.8 Å². The molecule has 0 aliphatic rings. The predicted octanol–water partition coefficient (Wildman–Crippen LogP) is 1.10. The quantitative estimate of drug-likeness (QED) is 0.459. The molecule has 0 radical (unpaired) electrons. The zero-order valence-corrected chi connectivity index (χ0v) is 8.22. The molecule has 12 heavy (non-hydrogen) atoms. The maximum atomic E-state index is 11.5. The molecule has 0 aromatic heterocycles. The molecular formula is C9H16N2O. The lowest BCUT2D eigenvalue weighted by molar-refractivity contribution is -0.126. The van der Waals surface area contributed by atoms with E-state index < -0.39 is 0 Å². The van der Waals surface area contributed by atoms with Crippen LogP contribution in [0.25, 0.3) is 0 Å². The van der Waals surface area contributed by atoms with E-state index >= 15 is 0 Å². The van der Waals surface area contributed by atoms with E-state index in [1.807, 2.05) is 13.8 Å². The molecule has 0 saturated heterocycles. The van der Waals surface area contributed by atoms with Crippen LogP contribution in [0.4, 0.5) is 0 Å². The highest BCUT2D eigenvalue weighted by Gasteiger charge is 2.10. The van der Waals surface area contributed by atoms with E-state index in [9.17, 15) is 4.79 Å². The fraction of sp³-hybridized carbons (Fsp3) is 0.667. The van der Waals surface area contributed by atoms with Crippen LogP contribution < -0.4 is 0 Å². The van der Waals surface area contributed by atoms with E-state index in [4.69, 9.17) is 0 Å². The van der Waals surface area contributed by atoms with Crippen molar-refractivity contribution in [2.24, 2.45) is 4.99 Å². The van der Waals surface area contributed by atoms with Crippen molar-refractivity contribution in [2.45, 2.75) is 20.8 Å². The van der Waals surface area contributed by atoms with E-state index in [0.29, 0.717) is 5.57 Å². The number of rotatable bonds is 3. The lowest BCUT2D eigenvalue weighted by Gasteiger charge is -2.17. The predicted molar refractivity (Wildman–Crippen MR) is 50.5 cm³/mol. The molecule has 0 aliphatic heterocycles. The topological polar surface area (TPSA) is 32.7 Å². The maximum Gasteiger partial charge on any atom is 0.258 e. The van der Waals surface area contributed by atoms with E-state index in [0.717, 1.165) is 13.1 Å². The Hall–Kier alpha value is -1.08. The minimum absolute atomic E-state index is 0.0191. The van der Waals surface area contributed by atoms with Crippen LogP contribution >= 0.6 is 0 Å². The second-order valence-electron chi connectivity index (χ2n) is 2.44. The van der Waals surface area contributed by atoms with E-state index in [-0.39, 0.29) is 5.91 Å². The van der Waals surface area contributed by atoms with Crippen molar-refractivity contribution in [3.05, 3.63) is 5.57 Å². The Balaban J connectivity index is 4.47. The molecule has 0 bridgehead atoms. The van der Waals surface area contributed by atoms with Gasteiger partial charge in [-0.05, 0) is 26.6 Å². The number of likely N-dealkylation sites (N-methyl/N-ethyl adjacent to an activating group) is 1.